The van der Waals surface area contributed by atoms with Gasteiger partial charge in [-0.3, -0.25) is 0 Å². The Hall–Kier alpha value is -0.480. The summed E-state index contributed by atoms with van der Waals surface area (Å²) in [4.78, 5) is 13.3. The van der Waals surface area contributed by atoms with Gasteiger partial charge in [-0.25, -0.2) is 4.79 Å². The third-order valence-electron chi connectivity index (χ3n) is 2.43. The summed E-state index contributed by atoms with van der Waals surface area (Å²) in [7, 11) is 1.79. The Labute approximate surface area is 104 Å². The van der Waals surface area contributed by atoms with Crippen LogP contribution in [-0.2, 0) is 4.74 Å². The maximum atomic E-state index is 11.7. The number of hydrogen-bond acceptors (Lipinski definition) is 3. The van der Waals surface area contributed by atoms with E-state index in [-0.39, 0.29) is 23.9 Å². The average molecular weight is 251 g/mol. The molecule has 1 aliphatic rings. The smallest absolute Gasteiger partial charge is 0.410 e. The highest BCUT2D eigenvalue weighted by molar-refractivity contribution is 5.85. The lowest BCUT2D eigenvalue weighted by molar-refractivity contribution is 0.0180. The van der Waals surface area contributed by atoms with E-state index >= 15 is 0 Å². The van der Waals surface area contributed by atoms with E-state index in [2.05, 4.69) is 12.2 Å². The van der Waals surface area contributed by atoms with Gasteiger partial charge in [-0.1, -0.05) is 6.92 Å². The van der Waals surface area contributed by atoms with Crippen molar-refractivity contribution in [2.45, 2.75) is 33.3 Å². The van der Waals surface area contributed by atoms with Crippen molar-refractivity contribution in [1.82, 2.24) is 10.2 Å². The van der Waals surface area contributed by atoms with Crippen LogP contribution in [0.2, 0.25) is 0 Å². The molecular weight excluding hydrogens is 228 g/mol. The van der Waals surface area contributed by atoms with Crippen molar-refractivity contribution in [1.29, 1.82) is 0 Å². The second kappa shape index (κ2) is 5.23. The van der Waals surface area contributed by atoms with Gasteiger partial charge in [-0.2, -0.15) is 0 Å². The van der Waals surface area contributed by atoms with E-state index in [0.717, 1.165) is 19.6 Å². The van der Waals surface area contributed by atoms with Crippen molar-refractivity contribution in [3.8, 4) is 0 Å². The summed E-state index contributed by atoms with van der Waals surface area (Å²) in [6, 6.07) is 0. The first kappa shape index (κ1) is 15.5. The van der Waals surface area contributed by atoms with E-state index in [1.165, 1.54) is 0 Å². The minimum absolute atomic E-state index is 0. The molecule has 0 aromatic rings. The third kappa shape index (κ3) is 4.58. The van der Waals surface area contributed by atoms with Gasteiger partial charge in [0.15, 0.2) is 0 Å². The van der Waals surface area contributed by atoms with Crippen LogP contribution in [0.5, 0.6) is 0 Å². The van der Waals surface area contributed by atoms with Crippen LogP contribution in [0.3, 0.4) is 0 Å². The van der Waals surface area contributed by atoms with Gasteiger partial charge in [0.2, 0.25) is 0 Å². The molecule has 0 bridgehead atoms. The van der Waals surface area contributed by atoms with Crippen LogP contribution in [-0.4, -0.2) is 43.3 Å². The highest BCUT2D eigenvalue weighted by Gasteiger charge is 2.34. The van der Waals surface area contributed by atoms with E-state index in [1.807, 2.05) is 20.8 Å². The molecule has 0 radical (unpaired) electrons. The number of nitrogens with zero attached hydrogens (tertiary/aromatic N) is 1. The average Bonchev–Trinajstić information content (AvgIpc) is 1.98. The van der Waals surface area contributed by atoms with Crippen molar-refractivity contribution < 1.29 is 9.53 Å². The molecule has 0 saturated carbocycles. The Balaban J connectivity index is 0.00000225. The fourth-order valence-electron chi connectivity index (χ4n) is 1.64. The number of carbonyl (C=O) groups is 1. The molecular formula is C11H23ClN2O2. The topological polar surface area (TPSA) is 41.6 Å². The molecule has 5 heteroatoms. The number of ether oxygens (including phenoxy) is 1. The Morgan fingerprint density at radius 2 is 1.94 bits per heavy atom. The highest BCUT2D eigenvalue weighted by atomic mass is 35.5. The van der Waals surface area contributed by atoms with Crippen LogP contribution < -0.4 is 5.32 Å². The summed E-state index contributed by atoms with van der Waals surface area (Å²) in [5, 5.41) is 3.22. The summed E-state index contributed by atoms with van der Waals surface area (Å²) in [5.74, 6) is 0. The maximum absolute atomic E-state index is 11.7. The van der Waals surface area contributed by atoms with Crippen LogP contribution in [0.25, 0.3) is 0 Å². The molecule has 1 rings (SSSR count). The van der Waals surface area contributed by atoms with Crippen molar-refractivity contribution >= 4 is 18.5 Å². The molecule has 0 aromatic heterocycles. The SMILES string of the molecule is CN(CC1(C)CNC1)C(=O)OC(C)(C)C.Cl. The molecule has 16 heavy (non-hydrogen) atoms. The minimum atomic E-state index is -0.413. The Kier molecular flexibility index (Phi) is 5.08. The largest absolute Gasteiger partial charge is 0.444 e. The van der Waals surface area contributed by atoms with Crippen molar-refractivity contribution in [2.24, 2.45) is 5.41 Å². The second-order valence-electron chi connectivity index (χ2n) is 5.75. The maximum Gasteiger partial charge on any atom is 0.410 e. The summed E-state index contributed by atoms with van der Waals surface area (Å²) in [5.41, 5.74) is -0.199. The first-order chi connectivity index (χ1) is 6.72. The van der Waals surface area contributed by atoms with Gasteiger partial charge >= 0.3 is 6.09 Å². The molecule has 0 spiro atoms. The number of hydrogen-bond donors (Lipinski definition) is 1. The predicted molar refractivity (Wildman–Crippen MR) is 67.1 cm³/mol. The van der Waals surface area contributed by atoms with Gasteiger partial charge in [0.05, 0.1) is 0 Å². The van der Waals surface area contributed by atoms with Crippen LogP contribution in [0.4, 0.5) is 4.79 Å². The molecule has 4 nitrogen and oxygen atoms in total. The number of carbonyl (C=O) groups excluding carboxylic acids is 1. The second-order valence-corrected chi connectivity index (χ2v) is 5.75. The molecule has 1 fully saturated rings. The third-order valence-corrected chi connectivity index (χ3v) is 2.43. The lowest BCUT2D eigenvalue weighted by Gasteiger charge is -2.42. The Morgan fingerprint density at radius 1 is 1.44 bits per heavy atom. The molecule has 1 saturated heterocycles. The molecule has 0 unspecified atom stereocenters. The van der Waals surface area contributed by atoms with Gasteiger partial charge < -0.3 is 15.0 Å². The van der Waals surface area contributed by atoms with Crippen LogP contribution in [0, 0.1) is 5.41 Å². The summed E-state index contributed by atoms with van der Waals surface area (Å²) in [6.07, 6.45) is -0.240. The van der Waals surface area contributed by atoms with Crippen molar-refractivity contribution in [3.63, 3.8) is 0 Å². The first-order valence-electron chi connectivity index (χ1n) is 5.37. The fourth-order valence-corrected chi connectivity index (χ4v) is 1.64. The standard InChI is InChI=1S/C11H22N2O2.ClH/c1-10(2,3)15-9(14)13(5)8-11(4)6-12-7-11;/h12H,6-8H2,1-5H3;1H. The van der Waals surface area contributed by atoms with Crippen LogP contribution in [0.15, 0.2) is 0 Å². The zero-order valence-corrected chi connectivity index (χ0v) is 11.6. The normalized spacial score (nSPS) is 18.1. The van der Waals surface area contributed by atoms with Gasteiger partial charge in [0.1, 0.15) is 5.60 Å². The summed E-state index contributed by atoms with van der Waals surface area (Å²) >= 11 is 0. The highest BCUT2D eigenvalue weighted by Crippen LogP contribution is 2.22. The van der Waals surface area contributed by atoms with Gasteiger partial charge in [0.25, 0.3) is 0 Å². The number of halogens is 1. The lowest BCUT2D eigenvalue weighted by Crippen LogP contribution is -2.57. The van der Waals surface area contributed by atoms with Crippen molar-refractivity contribution in [3.05, 3.63) is 0 Å². The fraction of sp³-hybridized carbons (Fsp3) is 0.909. The van der Waals surface area contributed by atoms with Gasteiger partial charge in [-0.05, 0) is 20.8 Å². The molecule has 1 amide bonds. The first-order valence-corrected chi connectivity index (χ1v) is 5.37. The van der Waals surface area contributed by atoms with E-state index in [0.29, 0.717) is 0 Å². The van der Waals surface area contributed by atoms with Gasteiger partial charge in [-0.15, -0.1) is 12.4 Å². The molecule has 1 aliphatic heterocycles. The lowest BCUT2D eigenvalue weighted by atomic mass is 9.84. The zero-order chi connectivity index (χ0) is 11.7. The summed E-state index contributed by atoms with van der Waals surface area (Å²) < 4.78 is 5.28. The number of nitrogens with one attached hydrogen (secondary N) is 1. The Bertz CT molecular complexity index is 247. The quantitative estimate of drug-likeness (QED) is 0.814. The molecule has 0 atom stereocenters. The van der Waals surface area contributed by atoms with E-state index in [1.54, 1.807) is 11.9 Å². The van der Waals surface area contributed by atoms with Gasteiger partial charge in [0, 0.05) is 32.1 Å². The minimum Gasteiger partial charge on any atom is -0.444 e. The molecule has 1 heterocycles. The number of rotatable bonds is 2. The van der Waals surface area contributed by atoms with E-state index < -0.39 is 5.60 Å². The van der Waals surface area contributed by atoms with E-state index in [4.69, 9.17) is 4.74 Å². The molecule has 1 N–H and O–H groups in total. The van der Waals surface area contributed by atoms with Crippen LogP contribution >= 0.6 is 12.4 Å². The van der Waals surface area contributed by atoms with Crippen molar-refractivity contribution in [2.75, 3.05) is 26.7 Å². The monoisotopic (exact) mass is 250 g/mol. The number of amides is 1. The molecule has 0 aliphatic carbocycles. The Morgan fingerprint density at radius 3 is 2.25 bits per heavy atom. The van der Waals surface area contributed by atoms with E-state index in [9.17, 15) is 4.79 Å². The summed E-state index contributed by atoms with van der Waals surface area (Å²) in [6.45, 7) is 10.5. The predicted octanol–water partition coefficient (Wildman–Crippen LogP) is 1.88. The molecule has 96 valence electrons. The van der Waals surface area contributed by atoms with Crippen LogP contribution in [0.1, 0.15) is 27.7 Å². The molecule has 0 aromatic carbocycles. The zero-order valence-electron chi connectivity index (χ0n) is 10.8.